The van der Waals surface area contributed by atoms with E-state index in [4.69, 9.17) is 33.3 Å². The molecule has 5 rings (SSSR count). The van der Waals surface area contributed by atoms with Gasteiger partial charge in [0.05, 0.1) is 29.2 Å². The predicted octanol–water partition coefficient (Wildman–Crippen LogP) is 10.6. The Bertz CT molecular complexity index is 1930. The first kappa shape index (κ1) is 39.7. The van der Waals surface area contributed by atoms with Crippen LogP contribution in [-0.4, -0.2) is 55.3 Å². The fraction of sp³-hybridized carbons (Fsp3) is 0.538. The molecule has 0 spiro atoms. The van der Waals surface area contributed by atoms with E-state index in [2.05, 4.69) is 67.7 Å². The number of imidazole rings is 1. The van der Waals surface area contributed by atoms with Gasteiger partial charge in [0.25, 0.3) is 0 Å². The van der Waals surface area contributed by atoms with Crippen LogP contribution in [0, 0.1) is 0 Å². The van der Waals surface area contributed by atoms with Crippen molar-refractivity contribution in [2.75, 3.05) is 6.61 Å². The summed E-state index contributed by atoms with van der Waals surface area (Å²) in [6, 6.07) is 9.87. The van der Waals surface area contributed by atoms with Crippen LogP contribution in [0.5, 0.6) is 5.75 Å². The zero-order valence-electron chi connectivity index (χ0n) is 32.9. The van der Waals surface area contributed by atoms with Crippen LogP contribution >= 0.6 is 0 Å². The molecule has 0 aliphatic carbocycles. The van der Waals surface area contributed by atoms with E-state index < -0.39 is 47.0 Å². The van der Waals surface area contributed by atoms with Gasteiger partial charge in [-0.05, 0) is 86.9 Å². The molecule has 2 aromatic carbocycles. The molecule has 0 unspecified atom stereocenters. The first-order chi connectivity index (χ1) is 24.0. The average molecular weight is 753 g/mol. The quantitative estimate of drug-likeness (QED) is 0.110. The molecule has 1 aliphatic heterocycles. The normalized spacial score (nSPS) is 17.2. The van der Waals surface area contributed by atoms with Gasteiger partial charge in [0.1, 0.15) is 23.3 Å². The summed E-state index contributed by atoms with van der Waals surface area (Å²) in [5, 5.41) is -0.0702. The maximum absolute atomic E-state index is 13.9. The summed E-state index contributed by atoms with van der Waals surface area (Å²) in [6.45, 7) is 24.6. The molecule has 0 radical (unpaired) electrons. The lowest BCUT2D eigenvalue weighted by molar-refractivity contribution is -0.0508. The lowest BCUT2D eigenvalue weighted by Crippen LogP contribution is -2.46. The van der Waals surface area contributed by atoms with Crippen molar-refractivity contribution in [3.05, 3.63) is 71.6 Å². The molecule has 0 amide bonds. The Morgan fingerprint density at radius 2 is 1.56 bits per heavy atom. The highest BCUT2D eigenvalue weighted by atomic mass is 28.4. The molecule has 9 nitrogen and oxygen atoms in total. The molecule has 0 N–H and O–H groups in total. The molecular weight excluding hydrogens is 699 g/mol. The molecule has 13 heteroatoms. The third kappa shape index (κ3) is 7.73. The molecule has 2 aromatic heterocycles. The number of carbonyl (C=O) groups excluding carboxylic acids is 1. The van der Waals surface area contributed by atoms with Crippen LogP contribution in [0.4, 0.5) is 8.78 Å². The topological polar surface area (TPSA) is 97.6 Å². The van der Waals surface area contributed by atoms with Gasteiger partial charge in [-0.2, -0.15) is 8.78 Å². The second kappa shape index (κ2) is 14.0. The first-order valence-corrected chi connectivity index (χ1v) is 23.8. The molecule has 1 aliphatic rings. The standard InChI is InChI=1S/C39H54F2N4O5Si2/c1-14-47-34(46)26-16-15-17-30(48-36(40)41)32(26)29-21-31(49-51(10,11)37(2,3)4)33-44-27-19-18-24(20-28(27)45(29)33)25-22-42-35(43-23-25)39(8,9)50-52(12,13)38(5,6)7/h15-20,22-23,29,31,36H,14,21H2,1-13H3/t29-,31-/m1/s1. The molecule has 4 aromatic rings. The molecule has 282 valence electrons. The van der Waals surface area contributed by atoms with Gasteiger partial charge in [0.15, 0.2) is 22.5 Å². The Balaban J connectivity index is 1.64. The highest BCUT2D eigenvalue weighted by Crippen LogP contribution is 2.50. The Labute approximate surface area is 308 Å². The van der Waals surface area contributed by atoms with Crippen molar-refractivity contribution in [1.29, 1.82) is 0 Å². The van der Waals surface area contributed by atoms with Gasteiger partial charge in [0.2, 0.25) is 0 Å². The number of hydrogen-bond donors (Lipinski definition) is 0. The number of aromatic nitrogens is 4. The van der Waals surface area contributed by atoms with Crippen molar-refractivity contribution in [1.82, 2.24) is 19.5 Å². The summed E-state index contributed by atoms with van der Waals surface area (Å²) >= 11 is 0. The lowest BCUT2D eigenvalue weighted by atomic mass is 9.96. The van der Waals surface area contributed by atoms with Gasteiger partial charge in [-0.25, -0.2) is 19.7 Å². The SMILES string of the molecule is CCOC(=O)c1cccc(OC(F)F)c1[C@H]1C[C@@H](O[Si](C)(C)C(C)(C)C)c2nc3ccc(-c4cnc(C(C)(C)O[Si](C)(C)C(C)(C)C)nc4)cc3n21. The van der Waals surface area contributed by atoms with E-state index in [1.165, 1.54) is 12.1 Å². The van der Waals surface area contributed by atoms with Crippen LogP contribution in [0.25, 0.3) is 22.2 Å². The number of rotatable bonds is 11. The van der Waals surface area contributed by atoms with E-state index >= 15 is 0 Å². The predicted molar refractivity (Wildman–Crippen MR) is 205 cm³/mol. The van der Waals surface area contributed by atoms with Crippen LogP contribution in [0.1, 0.15) is 108 Å². The monoisotopic (exact) mass is 752 g/mol. The number of halogens is 2. The van der Waals surface area contributed by atoms with Crippen LogP contribution < -0.4 is 4.74 Å². The third-order valence-electron chi connectivity index (χ3n) is 10.9. The van der Waals surface area contributed by atoms with Crippen molar-refractivity contribution in [2.24, 2.45) is 0 Å². The summed E-state index contributed by atoms with van der Waals surface area (Å²) in [4.78, 5) is 27.9. The number of fused-ring (bicyclic) bond motifs is 3. The second-order valence-electron chi connectivity index (χ2n) is 17.1. The molecule has 0 saturated heterocycles. The van der Waals surface area contributed by atoms with Crippen LogP contribution in [-0.2, 0) is 19.2 Å². The zero-order valence-corrected chi connectivity index (χ0v) is 34.9. The Morgan fingerprint density at radius 1 is 0.923 bits per heavy atom. The average Bonchev–Trinajstić information content (AvgIpc) is 3.56. The number of alkyl halides is 2. The van der Waals surface area contributed by atoms with Gasteiger partial charge in [-0.1, -0.05) is 53.7 Å². The van der Waals surface area contributed by atoms with Crippen molar-refractivity contribution in [3.63, 3.8) is 0 Å². The van der Waals surface area contributed by atoms with Crippen molar-refractivity contribution in [3.8, 4) is 16.9 Å². The number of carbonyl (C=O) groups is 1. The van der Waals surface area contributed by atoms with E-state index in [-0.39, 0.29) is 28.0 Å². The van der Waals surface area contributed by atoms with Crippen LogP contribution in [0.15, 0.2) is 48.8 Å². The molecule has 0 bridgehead atoms. The summed E-state index contributed by atoms with van der Waals surface area (Å²) in [5.74, 6) is 0.560. The fourth-order valence-corrected chi connectivity index (χ4v) is 9.18. The van der Waals surface area contributed by atoms with Gasteiger partial charge >= 0.3 is 12.6 Å². The van der Waals surface area contributed by atoms with Gasteiger partial charge in [-0.15, -0.1) is 0 Å². The van der Waals surface area contributed by atoms with Crippen molar-refractivity contribution < 1.29 is 31.9 Å². The minimum absolute atomic E-state index is 0.0287. The smallest absolute Gasteiger partial charge is 0.387 e. The Hall–Kier alpha value is -3.53. The van der Waals surface area contributed by atoms with Gasteiger partial charge < -0.3 is 22.9 Å². The maximum atomic E-state index is 13.9. The zero-order chi connectivity index (χ0) is 38.6. The summed E-state index contributed by atoms with van der Waals surface area (Å²) in [5.41, 5.74) is 2.89. The summed E-state index contributed by atoms with van der Waals surface area (Å²) in [7, 11) is -4.44. The van der Waals surface area contributed by atoms with E-state index in [0.717, 1.165) is 16.6 Å². The minimum Gasteiger partial charge on any atom is -0.462 e. The van der Waals surface area contributed by atoms with E-state index in [1.807, 2.05) is 36.6 Å². The highest BCUT2D eigenvalue weighted by Gasteiger charge is 2.46. The Morgan fingerprint density at radius 3 is 2.13 bits per heavy atom. The maximum Gasteiger partial charge on any atom is 0.387 e. The van der Waals surface area contributed by atoms with E-state index in [1.54, 1.807) is 25.4 Å². The number of esters is 1. The van der Waals surface area contributed by atoms with E-state index in [0.29, 0.717) is 29.1 Å². The first-order valence-electron chi connectivity index (χ1n) is 17.9. The van der Waals surface area contributed by atoms with E-state index in [9.17, 15) is 13.6 Å². The molecule has 3 heterocycles. The van der Waals surface area contributed by atoms with Crippen LogP contribution in [0.3, 0.4) is 0 Å². The number of benzene rings is 2. The lowest BCUT2D eigenvalue weighted by Gasteiger charge is -2.42. The summed E-state index contributed by atoms with van der Waals surface area (Å²) in [6.07, 6.45) is 3.51. The molecule has 52 heavy (non-hydrogen) atoms. The summed E-state index contributed by atoms with van der Waals surface area (Å²) < 4.78 is 53.9. The molecule has 0 fully saturated rings. The van der Waals surface area contributed by atoms with Crippen molar-refractivity contribution in [2.45, 2.75) is 129 Å². The Kier molecular flexibility index (Phi) is 10.7. The number of ether oxygens (including phenoxy) is 2. The largest absolute Gasteiger partial charge is 0.462 e. The van der Waals surface area contributed by atoms with Gasteiger partial charge in [0, 0.05) is 29.9 Å². The number of hydrogen-bond acceptors (Lipinski definition) is 8. The molecule has 2 atom stereocenters. The van der Waals surface area contributed by atoms with Crippen molar-refractivity contribution >= 4 is 33.6 Å². The van der Waals surface area contributed by atoms with Gasteiger partial charge in [-0.3, -0.25) is 0 Å². The molecular formula is C39H54F2N4O5Si2. The second-order valence-corrected chi connectivity index (χ2v) is 26.6. The van der Waals surface area contributed by atoms with Crippen LogP contribution in [0.2, 0.25) is 36.3 Å². The fourth-order valence-electron chi connectivity index (χ4n) is 6.24. The molecule has 0 saturated carbocycles. The third-order valence-corrected chi connectivity index (χ3v) is 20.1. The number of nitrogens with zero attached hydrogens (tertiary/aromatic N) is 4. The highest BCUT2D eigenvalue weighted by molar-refractivity contribution is 6.74. The minimum atomic E-state index is -3.09.